The molecule has 0 spiro atoms. The monoisotopic (exact) mass is 304 g/mol. The van der Waals surface area contributed by atoms with Gasteiger partial charge in [-0.2, -0.15) is 13.2 Å². The van der Waals surface area contributed by atoms with E-state index in [9.17, 15) is 27.6 Å². The van der Waals surface area contributed by atoms with Crippen molar-refractivity contribution >= 4 is 11.7 Å². The molecule has 1 N–H and O–H groups in total. The maximum atomic E-state index is 12.5. The van der Waals surface area contributed by atoms with Crippen molar-refractivity contribution in [1.82, 2.24) is 9.88 Å². The van der Waals surface area contributed by atoms with E-state index in [0.717, 1.165) is 6.07 Å². The zero-order valence-electron chi connectivity index (χ0n) is 11.7. The summed E-state index contributed by atoms with van der Waals surface area (Å²) in [6.07, 6.45) is -4.79. The average Bonchev–Trinajstić information content (AvgIpc) is 2.32. The van der Waals surface area contributed by atoms with Crippen LogP contribution in [-0.4, -0.2) is 34.2 Å². The molecule has 116 valence electrons. The number of halogens is 3. The minimum atomic E-state index is -4.79. The van der Waals surface area contributed by atoms with Crippen molar-refractivity contribution in [3.63, 3.8) is 0 Å². The number of amides is 1. The van der Waals surface area contributed by atoms with Crippen LogP contribution in [-0.2, 0) is 11.0 Å². The van der Waals surface area contributed by atoms with E-state index >= 15 is 0 Å². The van der Waals surface area contributed by atoms with Gasteiger partial charge in [0, 0.05) is 6.04 Å². The van der Waals surface area contributed by atoms with Crippen LogP contribution in [0.2, 0.25) is 0 Å². The molecule has 1 amide bonds. The van der Waals surface area contributed by atoms with Crippen LogP contribution < -0.4 is 5.56 Å². The number of carbonyl (C=O) groups excluding carboxylic acids is 2. The number of H-pyrrole nitrogens is 1. The number of nitrogens with zero attached hydrogens (tertiary/aromatic N) is 1. The van der Waals surface area contributed by atoms with Crippen molar-refractivity contribution in [3.05, 3.63) is 33.7 Å². The molecule has 0 radical (unpaired) electrons. The van der Waals surface area contributed by atoms with E-state index in [4.69, 9.17) is 0 Å². The summed E-state index contributed by atoms with van der Waals surface area (Å²) in [4.78, 5) is 37.8. The zero-order valence-corrected chi connectivity index (χ0v) is 11.7. The maximum Gasteiger partial charge on any atom is 0.421 e. The van der Waals surface area contributed by atoms with E-state index in [2.05, 4.69) is 0 Å². The van der Waals surface area contributed by atoms with Gasteiger partial charge in [0.2, 0.25) is 0 Å². The quantitative estimate of drug-likeness (QED) is 0.922. The number of aromatic amines is 1. The number of rotatable bonds is 4. The highest BCUT2D eigenvalue weighted by atomic mass is 19.4. The molecule has 1 rings (SSSR count). The van der Waals surface area contributed by atoms with Crippen molar-refractivity contribution in [2.75, 3.05) is 6.54 Å². The molecule has 1 aromatic heterocycles. The minimum Gasteiger partial charge on any atom is -0.328 e. The van der Waals surface area contributed by atoms with Crippen LogP contribution in [0.25, 0.3) is 0 Å². The molecule has 21 heavy (non-hydrogen) atoms. The van der Waals surface area contributed by atoms with Gasteiger partial charge in [-0.25, -0.2) is 0 Å². The summed E-state index contributed by atoms with van der Waals surface area (Å²) in [5, 5.41) is 0. The summed E-state index contributed by atoms with van der Waals surface area (Å²) in [7, 11) is 0. The summed E-state index contributed by atoms with van der Waals surface area (Å²) in [5.74, 6) is -0.975. The van der Waals surface area contributed by atoms with E-state index in [-0.39, 0.29) is 24.1 Å². The van der Waals surface area contributed by atoms with Gasteiger partial charge in [0.25, 0.3) is 11.5 Å². The molecule has 0 fully saturated rings. The highest BCUT2D eigenvalue weighted by molar-refractivity contribution is 5.95. The molecule has 0 aliphatic carbocycles. The van der Waals surface area contributed by atoms with Crippen LogP contribution >= 0.6 is 0 Å². The van der Waals surface area contributed by atoms with Crippen LogP contribution in [0.5, 0.6) is 0 Å². The van der Waals surface area contributed by atoms with Gasteiger partial charge < -0.3 is 9.88 Å². The summed E-state index contributed by atoms with van der Waals surface area (Å²) in [5.41, 5.74) is -3.05. The molecule has 1 aromatic rings. The normalized spacial score (nSPS) is 11.6. The first-order valence-corrected chi connectivity index (χ1v) is 6.15. The van der Waals surface area contributed by atoms with Gasteiger partial charge in [-0.15, -0.1) is 0 Å². The van der Waals surface area contributed by atoms with Gasteiger partial charge in [-0.1, -0.05) is 0 Å². The highest BCUT2D eigenvalue weighted by Gasteiger charge is 2.34. The number of pyridine rings is 1. The Kier molecular flexibility index (Phi) is 4.93. The Bertz CT molecular complexity index is 605. The zero-order chi connectivity index (χ0) is 16.4. The van der Waals surface area contributed by atoms with Crippen molar-refractivity contribution in [1.29, 1.82) is 0 Å². The molecule has 5 nitrogen and oxygen atoms in total. The Morgan fingerprint density at radius 1 is 1.29 bits per heavy atom. The van der Waals surface area contributed by atoms with Crippen molar-refractivity contribution < 1.29 is 22.8 Å². The second-order valence-electron chi connectivity index (χ2n) is 4.84. The lowest BCUT2D eigenvalue weighted by Gasteiger charge is -2.25. The summed E-state index contributed by atoms with van der Waals surface area (Å²) in [6.45, 7) is 4.42. The number of ketones is 1. The number of hydrogen-bond donors (Lipinski definition) is 1. The number of carbonyl (C=O) groups is 2. The first kappa shape index (κ1) is 16.9. The highest BCUT2D eigenvalue weighted by Crippen LogP contribution is 2.26. The van der Waals surface area contributed by atoms with Crippen molar-refractivity contribution in [2.45, 2.75) is 33.0 Å². The fourth-order valence-corrected chi connectivity index (χ4v) is 1.71. The number of Topliss-reactive ketones (excluding diaryl/α,β-unsaturated/α-hetero) is 1. The van der Waals surface area contributed by atoms with Gasteiger partial charge in [0.15, 0.2) is 0 Å². The molecule has 0 atom stereocenters. The third-order valence-electron chi connectivity index (χ3n) is 2.72. The molecular weight excluding hydrogens is 289 g/mol. The van der Waals surface area contributed by atoms with E-state index in [1.165, 1.54) is 11.8 Å². The van der Waals surface area contributed by atoms with Gasteiger partial charge in [0.05, 0.1) is 6.54 Å². The molecule has 0 bridgehead atoms. The molecule has 1 heterocycles. The van der Waals surface area contributed by atoms with Crippen LogP contribution in [0.4, 0.5) is 13.2 Å². The Labute approximate surface area is 118 Å². The summed E-state index contributed by atoms with van der Waals surface area (Å²) < 4.78 is 37.4. The molecule has 0 saturated carbocycles. The molecule has 0 unspecified atom stereocenters. The largest absolute Gasteiger partial charge is 0.421 e. The third-order valence-corrected chi connectivity index (χ3v) is 2.72. The summed E-state index contributed by atoms with van der Waals surface area (Å²) in [6, 6.07) is 1.10. The van der Waals surface area contributed by atoms with Crippen LogP contribution in [0, 0.1) is 0 Å². The van der Waals surface area contributed by atoms with E-state index in [1.807, 2.05) is 4.98 Å². The third kappa shape index (κ3) is 4.17. The van der Waals surface area contributed by atoms with E-state index in [1.54, 1.807) is 13.8 Å². The van der Waals surface area contributed by atoms with Crippen molar-refractivity contribution in [2.24, 2.45) is 0 Å². The lowest BCUT2D eigenvalue weighted by atomic mass is 10.2. The molecule has 0 aliphatic rings. The SMILES string of the molecule is CC(=O)CN(C(=O)c1ccc(C(F)(F)F)c(=O)[nH]1)C(C)C. The van der Waals surface area contributed by atoms with Gasteiger partial charge in [0.1, 0.15) is 17.0 Å². The summed E-state index contributed by atoms with van der Waals surface area (Å²) >= 11 is 0. The fourth-order valence-electron chi connectivity index (χ4n) is 1.71. The molecule has 8 heteroatoms. The smallest absolute Gasteiger partial charge is 0.328 e. The van der Waals surface area contributed by atoms with Gasteiger partial charge in [-0.05, 0) is 32.9 Å². The second kappa shape index (κ2) is 6.11. The Morgan fingerprint density at radius 3 is 2.24 bits per heavy atom. The predicted molar refractivity (Wildman–Crippen MR) is 68.9 cm³/mol. The number of alkyl halides is 3. The Hall–Kier alpha value is -2.12. The number of hydrogen-bond acceptors (Lipinski definition) is 3. The maximum absolute atomic E-state index is 12.5. The fraction of sp³-hybridized carbons (Fsp3) is 0.462. The lowest BCUT2D eigenvalue weighted by Crippen LogP contribution is -2.41. The van der Waals surface area contributed by atoms with E-state index < -0.39 is 23.2 Å². The first-order valence-electron chi connectivity index (χ1n) is 6.15. The van der Waals surface area contributed by atoms with E-state index in [0.29, 0.717) is 6.07 Å². The lowest BCUT2D eigenvalue weighted by molar-refractivity contribution is -0.138. The molecule has 0 aromatic carbocycles. The van der Waals surface area contributed by atoms with Crippen LogP contribution in [0.3, 0.4) is 0 Å². The Balaban J connectivity index is 3.16. The number of nitrogens with one attached hydrogen (secondary N) is 1. The minimum absolute atomic E-state index is 0.181. The second-order valence-corrected chi connectivity index (χ2v) is 4.84. The molecule has 0 aliphatic heterocycles. The standard InChI is InChI=1S/C13H15F3N2O3/c1-7(2)18(6-8(3)19)12(21)10-5-4-9(11(20)17-10)13(14,15)16/h4-5,7H,6H2,1-3H3,(H,17,20). The van der Waals surface area contributed by atoms with Crippen molar-refractivity contribution in [3.8, 4) is 0 Å². The topological polar surface area (TPSA) is 70.2 Å². The first-order chi connectivity index (χ1) is 9.54. The van der Waals surface area contributed by atoms with Crippen LogP contribution in [0.1, 0.15) is 36.8 Å². The predicted octanol–water partition coefficient (Wildman–Crippen LogP) is 1.83. The number of aromatic nitrogens is 1. The average molecular weight is 304 g/mol. The van der Waals surface area contributed by atoms with Crippen LogP contribution in [0.15, 0.2) is 16.9 Å². The van der Waals surface area contributed by atoms with Gasteiger partial charge in [-0.3, -0.25) is 14.4 Å². The van der Waals surface area contributed by atoms with Gasteiger partial charge >= 0.3 is 6.18 Å². The molecule has 0 saturated heterocycles. The molecular formula is C13H15F3N2O3. The Morgan fingerprint density at radius 2 is 1.86 bits per heavy atom.